The second-order valence-corrected chi connectivity index (χ2v) is 10.6. The molecule has 7 rings (SSSR count). The molecule has 2 heterocycles. The van der Waals surface area contributed by atoms with Crippen LogP contribution in [0.25, 0.3) is 11.1 Å². The van der Waals surface area contributed by atoms with Crippen LogP contribution in [0.3, 0.4) is 0 Å². The van der Waals surface area contributed by atoms with Gasteiger partial charge in [-0.3, -0.25) is 5.41 Å². The quantitative estimate of drug-likeness (QED) is 0.158. The monoisotopic (exact) mass is 582 g/mol. The standard InChI is InChI=1S/C39H30N6/c40-36(32-26-30(27-14-5-1-6-15-27)24-25-33(32)41-31-20-11-4-12-21-31)34-22-13-23-35(42-34)39-44-37(28-16-7-2-8-17-28)43-38(45-39)29-18-9-3-10-19-29/h1-26,37,40-41H,(H,43,44,45). The van der Waals surface area contributed by atoms with Gasteiger partial charge in [-0.25, -0.2) is 15.0 Å². The van der Waals surface area contributed by atoms with Crippen LogP contribution in [0.2, 0.25) is 0 Å². The molecule has 0 spiro atoms. The van der Waals surface area contributed by atoms with Crippen LogP contribution in [0.4, 0.5) is 11.4 Å². The van der Waals surface area contributed by atoms with Crippen molar-refractivity contribution in [2.24, 2.45) is 9.98 Å². The fourth-order valence-corrected chi connectivity index (χ4v) is 5.30. The van der Waals surface area contributed by atoms with Crippen LogP contribution in [-0.2, 0) is 0 Å². The summed E-state index contributed by atoms with van der Waals surface area (Å²) in [5, 5.41) is 16.4. The summed E-state index contributed by atoms with van der Waals surface area (Å²) in [7, 11) is 0. The van der Waals surface area contributed by atoms with Gasteiger partial charge in [0.2, 0.25) is 0 Å². The largest absolute Gasteiger partial charge is 0.355 e. The highest BCUT2D eigenvalue weighted by atomic mass is 15.2. The van der Waals surface area contributed by atoms with Crippen molar-refractivity contribution >= 4 is 28.8 Å². The van der Waals surface area contributed by atoms with Gasteiger partial charge >= 0.3 is 0 Å². The number of nitrogens with one attached hydrogen (secondary N) is 3. The molecule has 3 N–H and O–H groups in total. The fourth-order valence-electron chi connectivity index (χ4n) is 5.30. The summed E-state index contributed by atoms with van der Waals surface area (Å²) in [4.78, 5) is 14.8. The van der Waals surface area contributed by atoms with Gasteiger partial charge in [-0.05, 0) is 53.1 Å². The molecule has 0 aliphatic carbocycles. The lowest BCUT2D eigenvalue weighted by molar-refractivity contribution is 0.673. The number of anilines is 2. The summed E-state index contributed by atoms with van der Waals surface area (Å²) in [5.74, 6) is 1.23. The number of aromatic nitrogens is 1. The zero-order chi connectivity index (χ0) is 30.4. The predicted molar refractivity (Wildman–Crippen MR) is 184 cm³/mol. The third-order valence-electron chi connectivity index (χ3n) is 7.59. The van der Waals surface area contributed by atoms with Crippen molar-refractivity contribution in [3.8, 4) is 11.1 Å². The van der Waals surface area contributed by atoms with E-state index in [4.69, 9.17) is 15.0 Å². The van der Waals surface area contributed by atoms with Gasteiger partial charge in [0.15, 0.2) is 5.84 Å². The molecule has 0 bridgehead atoms. The molecule has 0 radical (unpaired) electrons. The lowest BCUT2D eigenvalue weighted by atomic mass is 9.97. The van der Waals surface area contributed by atoms with E-state index < -0.39 is 0 Å². The van der Waals surface area contributed by atoms with Gasteiger partial charge in [-0.2, -0.15) is 0 Å². The van der Waals surface area contributed by atoms with Gasteiger partial charge in [-0.15, -0.1) is 0 Å². The minimum atomic E-state index is -0.331. The van der Waals surface area contributed by atoms with E-state index in [1.165, 1.54) is 0 Å². The Hall–Kier alpha value is -6.14. The number of nitrogens with zero attached hydrogens (tertiary/aromatic N) is 3. The Morgan fingerprint density at radius 1 is 0.622 bits per heavy atom. The Morgan fingerprint density at radius 3 is 1.98 bits per heavy atom. The number of rotatable bonds is 8. The zero-order valence-corrected chi connectivity index (χ0v) is 24.4. The summed E-state index contributed by atoms with van der Waals surface area (Å²) in [6, 6.07) is 52.2. The third-order valence-corrected chi connectivity index (χ3v) is 7.59. The summed E-state index contributed by atoms with van der Waals surface area (Å²) in [5.41, 5.74) is 8.04. The van der Waals surface area contributed by atoms with E-state index in [1.807, 2.05) is 133 Å². The van der Waals surface area contributed by atoms with Crippen molar-refractivity contribution in [1.29, 1.82) is 5.41 Å². The van der Waals surface area contributed by atoms with E-state index in [0.29, 0.717) is 22.9 Å². The van der Waals surface area contributed by atoms with Crippen molar-refractivity contribution in [3.05, 3.63) is 186 Å². The Morgan fingerprint density at radius 2 is 1.27 bits per heavy atom. The van der Waals surface area contributed by atoms with Crippen LogP contribution in [0, 0.1) is 5.41 Å². The Labute approximate surface area is 262 Å². The summed E-state index contributed by atoms with van der Waals surface area (Å²) < 4.78 is 0. The van der Waals surface area contributed by atoms with Crippen molar-refractivity contribution in [2.75, 3.05) is 5.32 Å². The molecule has 6 aromatic rings. The lowest BCUT2D eigenvalue weighted by Gasteiger charge is -2.23. The van der Waals surface area contributed by atoms with Crippen LogP contribution >= 0.6 is 0 Å². The van der Waals surface area contributed by atoms with Gasteiger partial charge < -0.3 is 10.6 Å². The van der Waals surface area contributed by atoms with Crippen molar-refractivity contribution in [1.82, 2.24) is 10.3 Å². The molecule has 1 aliphatic heterocycles. The Balaban J connectivity index is 1.29. The Kier molecular flexibility index (Phi) is 7.76. The molecule has 5 aromatic carbocycles. The minimum Gasteiger partial charge on any atom is -0.355 e. The topological polar surface area (TPSA) is 85.5 Å². The molecule has 1 unspecified atom stereocenters. The second kappa shape index (κ2) is 12.6. The maximum atomic E-state index is 9.41. The minimum absolute atomic E-state index is 0.300. The van der Waals surface area contributed by atoms with E-state index in [9.17, 15) is 5.41 Å². The summed E-state index contributed by atoms with van der Waals surface area (Å²) >= 11 is 0. The molecule has 1 aliphatic rings. The molecule has 6 nitrogen and oxygen atoms in total. The summed E-state index contributed by atoms with van der Waals surface area (Å²) in [6.07, 6.45) is -0.331. The number of aliphatic imine (C=N–C) groups is 2. The SMILES string of the molecule is N=C(c1cccc(C2=NC(c3ccccc3)NC(c3ccccc3)=N2)n1)c1cc(-c2ccccc2)ccc1Nc1ccccc1. The van der Waals surface area contributed by atoms with Crippen molar-refractivity contribution in [2.45, 2.75) is 6.17 Å². The number of para-hydroxylation sites is 1. The molecule has 6 heteroatoms. The van der Waals surface area contributed by atoms with Crippen LogP contribution in [0.15, 0.2) is 168 Å². The second-order valence-electron chi connectivity index (χ2n) is 10.6. The van der Waals surface area contributed by atoms with Gasteiger partial charge in [0, 0.05) is 22.5 Å². The van der Waals surface area contributed by atoms with E-state index >= 15 is 0 Å². The van der Waals surface area contributed by atoms with Crippen molar-refractivity contribution in [3.63, 3.8) is 0 Å². The molecular weight excluding hydrogens is 552 g/mol. The van der Waals surface area contributed by atoms with Crippen molar-refractivity contribution < 1.29 is 0 Å². The fraction of sp³-hybridized carbons (Fsp3) is 0.0256. The normalized spacial score (nSPS) is 14.1. The van der Waals surface area contributed by atoms with Gasteiger partial charge in [0.05, 0.1) is 11.4 Å². The van der Waals surface area contributed by atoms with E-state index in [-0.39, 0.29) is 6.17 Å². The molecule has 216 valence electrons. The highest BCUT2D eigenvalue weighted by molar-refractivity contribution is 6.15. The number of hydrogen-bond donors (Lipinski definition) is 3. The van der Waals surface area contributed by atoms with Crippen LogP contribution in [0.1, 0.15) is 34.2 Å². The van der Waals surface area contributed by atoms with E-state index in [2.05, 4.69) is 34.9 Å². The summed E-state index contributed by atoms with van der Waals surface area (Å²) in [6.45, 7) is 0. The molecule has 45 heavy (non-hydrogen) atoms. The first-order valence-electron chi connectivity index (χ1n) is 14.8. The Bertz CT molecular complexity index is 2000. The maximum absolute atomic E-state index is 9.41. The third kappa shape index (κ3) is 6.17. The van der Waals surface area contributed by atoms with Gasteiger partial charge in [0.25, 0.3) is 0 Å². The van der Waals surface area contributed by atoms with Crippen LogP contribution < -0.4 is 10.6 Å². The molecule has 0 saturated carbocycles. The number of amidine groups is 2. The maximum Gasteiger partial charge on any atom is 0.178 e. The van der Waals surface area contributed by atoms with Gasteiger partial charge in [-0.1, -0.05) is 121 Å². The van der Waals surface area contributed by atoms with E-state index in [1.54, 1.807) is 0 Å². The predicted octanol–water partition coefficient (Wildman–Crippen LogP) is 8.40. The van der Waals surface area contributed by atoms with E-state index in [0.717, 1.165) is 45.0 Å². The average Bonchev–Trinajstić information content (AvgIpc) is 3.13. The highest BCUT2D eigenvalue weighted by Crippen LogP contribution is 2.29. The molecule has 1 atom stereocenters. The first-order chi connectivity index (χ1) is 22.2. The van der Waals surface area contributed by atoms with Gasteiger partial charge in [0.1, 0.15) is 17.7 Å². The first-order valence-corrected chi connectivity index (χ1v) is 14.8. The number of hydrogen-bond acceptors (Lipinski definition) is 6. The number of benzene rings is 5. The molecular formula is C39H30N6. The molecule has 0 saturated heterocycles. The number of pyridine rings is 1. The zero-order valence-electron chi connectivity index (χ0n) is 24.4. The van der Waals surface area contributed by atoms with Crippen LogP contribution in [0.5, 0.6) is 0 Å². The average molecular weight is 583 g/mol. The smallest absolute Gasteiger partial charge is 0.178 e. The lowest BCUT2D eigenvalue weighted by Crippen LogP contribution is -2.33. The molecule has 0 amide bonds. The first kappa shape index (κ1) is 27.7. The van der Waals surface area contributed by atoms with Crippen LogP contribution in [-0.4, -0.2) is 22.4 Å². The molecule has 1 aromatic heterocycles. The highest BCUT2D eigenvalue weighted by Gasteiger charge is 2.22. The molecule has 0 fully saturated rings.